The molecule has 2 N–H and O–H groups in total. The molecule has 0 radical (unpaired) electrons. The molecule has 1 heterocycles. The van der Waals surface area contributed by atoms with Crippen molar-refractivity contribution in [1.29, 1.82) is 0 Å². The van der Waals surface area contributed by atoms with E-state index in [4.69, 9.17) is 9.47 Å². The highest BCUT2D eigenvalue weighted by atomic mass is 79.9. The minimum absolute atomic E-state index is 0.0628. The SMILES string of the molecule is Cc1ccc2c(c1Br)[C@H](O)[C@@](CNC(=O)OC(C)(C)C)(c1ccccc1)O2. The standard InChI is InChI=1S/C21H24BrNO4/c1-13-10-11-15-16(17(13)22)18(24)21(26-15,14-8-6-5-7-9-14)12-23-19(25)27-20(2,3)4/h5-11,18,24H,12H2,1-4H3,(H,23,25)/t18-,21+/m0/s1. The molecule has 0 aliphatic carbocycles. The highest BCUT2D eigenvalue weighted by Gasteiger charge is 2.50. The van der Waals surface area contributed by atoms with Gasteiger partial charge < -0.3 is 19.9 Å². The molecule has 2 aromatic carbocycles. The van der Waals surface area contributed by atoms with Crippen molar-refractivity contribution >= 4 is 22.0 Å². The van der Waals surface area contributed by atoms with Crippen LogP contribution in [0.3, 0.4) is 0 Å². The zero-order valence-electron chi connectivity index (χ0n) is 15.9. The maximum atomic E-state index is 12.2. The van der Waals surface area contributed by atoms with Crippen molar-refractivity contribution in [2.45, 2.75) is 45.0 Å². The number of alkyl carbamates (subject to hydrolysis) is 1. The molecule has 2 atom stereocenters. The lowest BCUT2D eigenvalue weighted by Crippen LogP contribution is -2.47. The first-order valence-electron chi connectivity index (χ1n) is 8.82. The van der Waals surface area contributed by atoms with Gasteiger partial charge in [-0.1, -0.05) is 36.4 Å². The molecule has 1 aliphatic rings. The van der Waals surface area contributed by atoms with Crippen molar-refractivity contribution in [2.75, 3.05) is 6.54 Å². The largest absolute Gasteiger partial charge is 0.477 e. The smallest absolute Gasteiger partial charge is 0.407 e. The predicted molar refractivity (Wildman–Crippen MR) is 107 cm³/mol. The Labute approximate surface area is 167 Å². The van der Waals surface area contributed by atoms with Crippen molar-refractivity contribution in [2.24, 2.45) is 0 Å². The third-order valence-corrected chi connectivity index (χ3v) is 5.55. The number of amides is 1. The Morgan fingerprint density at radius 3 is 2.56 bits per heavy atom. The first-order valence-corrected chi connectivity index (χ1v) is 9.62. The fourth-order valence-corrected chi connectivity index (χ4v) is 3.75. The molecule has 6 heteroatoms. The second-order valence-corrected chi connectivity index (χ2v) is 8.52. The number of ether oxygens (including phenoxy) is 2. The van der Waals surface area contributed by atoms with E-state index in [0.717, 1.165) is 15.6 Å². The lowest BCUT2D eigenvalue weighted by atomic mass is 9.86. The topological polar surface area (TPSA) is 67.8 Å². The summed E-state index contributed by atoms with van der Waals surface area (Å²) >= 11 is 3.56. The van der Waals surface area contributed by atoms with Gasteiger partial charge in [0, 0.05) is 15.6 Å². The summed E-state index contributed by atoms with van der Waals surface area (Å²) in [5, 5.41) is 14.0. The quantitative estimate of drug-likeness (QED) is 0.741. The van der Waals surface area contributed by atoms with Crippen LogP contribution in [0.25, 0.3) is 0 Å². The number of halogens is 1. The maximum Gasteiger partial charge on any atom is 0.407 e. The number of fused-ring (bicyclic) bond motifs is 1. The number of aliphatic hydroxyl groups is 1. The number of benzene rings is 2. The van der Waals surface area contributed by atoms with Crippen molar-refractivity contribution in [3.05, 3.63) is 63.6 Å². The molecule has 0 unspecified atom stereocenters. The molecule has 0 spiro atoms. The Balaban J connectivity index is 1.97. The van der Waals surface area contributed by atoms with Gasteiger partial charge in [0.1, 0.15) is 17.5 Å². The molecule has 3 rings (SSSR count). The molecule has 5 nitrogen and oxygen atoms in total. The minimum Gasteiger partial charge on any atom is -0.477 e. The van der Waals surface area contributed by atoms with Gasteiger partial charge in [0.2, 0.25) is 0 Å². The zero-order chi connectivity index (χ0) is 19.8. The molecule has 27 heavy (non-hydrogen) atoms. The normalized spacial score (nSPS) is 21.3. The molecule has 1 amide bonds. The van der Waals surface area contributed by atoms with Crippen LogP contribution < -0.4 is 10.1 Å². The van der Waals surface area contributed by atoms with Crippen LogP contribution >= 0.6 is 15.9 Å². The number of carbonyl (C=O) groups is 1. The fraction of sp³-hybridized carbons (Fsp3) is 0.381. The number of aliphatic hydroxyl groups excluding tert-OH is 1. The van der Waals surface area contributed by atoms with Crippen LogP contribution in [0, 0.1) is 6.92 Å². The summed E-state index contributed by atoms with van der Waals surface area (Å²) in [6.45, 7) is 7.43. The Kier molecular flexibility index (Phi) is 5.23. The third kappa shape index (κ3) is 3.82. The van der Waals surface area contributed by atoms with Crippen LogP contribution in [0.5, 0.6) is 5.75 Å². The van der Waals surface area contributed by atoms with Crippen LogP contribution in [0.1, 0.15) is 43.6 Å². The fourth-order valence-electron chi connectivity index (χ4n) is 3.20. The second-order valence-electron chi connectivity index (χ2n) is 7.72. The van der Waals surface area contributed by atoms with E-state index >= 15 is 0 Å². The van der Waals surface area contributed by atoms with Crippen molar-refractivity contribution in [3.63, 3.8) is 0 Å². The van der Waals surface area contributed by atoms with Crippen molar-refractivity contribution < 1.29 is 19.4 Å². The van der Waals surface area contributed by atoms with E-state index in [0.29, 0.717) is 11.3 Å². The highest BCUT2D eigenvalue weighted by molar-refractivity contribution is 9.10. The summed E-state index contributed by atoms with van der Waals surface area (Å²) in [5.41, 5.74) is 0.707. The van der Waals surface area contributed by atoms with E-state index < -0.39 is 23.4 Å². The average Bonchev–Trinajstić information content (AvgIpc) is 2.90. The average molecular weight is 434 g/mol. The monoisotopic (exact) mass is 433 g/mol. The highest BCUT2D eigenvalue weighted by Crippen LogP contribution is 2.51. The van der Waals surface area contributed by atoms with Crippen LogP contribution in [-0.4, -0.2) is 23.3 Å². The first kappa shape index (κ1) is 19.7. The molecule has 144 valence electrons. The third-order valence-electron chi connectivity index (χ3n) is 4.50. The van der Waals surface area contributed by atoms with Gasteiger partial charge in [-0.3, -0.25) is 0 Å². The second kappa shape index (κ2) is 7.17. The number of rotatable bonds is 3. The van der Waals surface area contributed by atoms with Gasteiger partial charge in [-0.2, -0.15) is 0 Å². The van der Waals surface area contributed by atoms with Crippen LogP contribution in [-0.2, 0) is 10.3 Å². The van der Waals surface area contributed by atoms with Crippen LogP contribution in [0.4, 0.5) is 4.79 Å². The Hall–Kier alpha value is -2.05. The van der Waals surface area contributed by atoms with Crippen LogP contribution in [0.2, 0.25) is 0 Å². The van der Waals surface area contributed by atoms with E-state index in [9.17, 15) is 9.90 Å². The van der Waals surface area contributed by atoms with Gasteiger partial charge in [0.15, 0.2) is 5.60 Å². The first-order chi connectivity index (χ1) is 12.6. The molecule has 0 saturated heterocycles. The molecule has 0 fully saturated rings. The maximum absolute atomic E-state index is 12.2. The number of aryl methyl sites for hydroxylation is 1. The number of hydrogen-bond donors (Lipinski definition) is 2. The summed E-state index contributed by atoms with van der Waals surface area (Å²) in [6.07, 6.45) is -1.51. The van der Waals surface area contributed by atoms with E-state index in [1.54, 1.807) is 20.8 Å². The molecule has 2 aromatic rings. The Morgan fingerprint density at radius 1 is 1.26 bits per heavy atom. The van der Waals surface area contributed by atoms with E-state index in [1.807, 2.05) is 49.4 Å². The van der Waals surface area contributed by atoms with Gasteiger partial charge in [-0.05, 0) is 55.3 Å². The van der Waals surface area contributed by atoms with Crippen LogP contribution in [0.15, 0.2) is 46.9 Å². The van der Waals surface area contributed by atoms with Gasteiger partial charge in [0.05, 0.1) is 6.54 Å². The lowest BCUT2D eigenvalue weighted by Gasteiger charge is -2.33. The molecule has 0 saturated carbocycles. The minimum atomic E-state index is -1.14. The van der Waals surface area contributed by atoms with Crippen molar-refractivity contribution in [1.82, 2.24) is 5.32 Å². The van der Waals surface area contributed by atoms with Gasteiger partial charge >= 0.3 is 6.09 Å². The molecular weight excluding hydrogens is 410 g/mol. The Morgan fingerprint density at radius 2 is 1.93 bits per heavy atom. The van der Waals surface area contributed by atoms with Gasteiger partial charge in [0.25, 0.3) is 0 Å². The molecule has 1 aliphatic heterocycles. The molecular formula is C21H24BrNO4. The van der Waals surface area contributed by atoms with Gasteiger partial charge in [-0.25, -0.2) is 4.79 Å². The number of nitrogens with one attached hydrogen (secondary N) is 1. The predicted octanol–water partition coefficient (Wildman–Crippen LogP) is 4.60. The summed E-state index contributed by atoms with van der Waals surface area (Å²) in [7, 11) is 0. The van der Waals surface area contributed by atoms with E-state index in [1.165, 1.54) is 0 Å². The number of hydrogen-bond acceptors (Lipinski definition) is 4. The van der Waals surface area contributed by atoms with E-state index in [2.05, 4.69) is 21.2 Å². The summed E-state index contributed by atoms with van der Waals surface area (Å²) in [5.74, 6) is 0.592. The lowest BCUT2D eigenvalue weighted by molar-refractivity contribution is -0.0338. The Bertz CT molecular complexity index is 847. The number of carbonyl (C=O) groups excluding carboxylic acids is 1. The summed E-state index contributed by atoms with van der Waals surface area (Å²) < 4.78 is 12.4. The molecule has 0 bridgehead atoms. The molecule has 0 aromatic heterocycles. The van der Waals surface area contributed by atoms with E-state index in [-0.39, 0.29) is 6.54 Å². The summed E-state index contributed by atoms with van der Waals surface area (Å²) in [4.78, 5) is 12.2. The van der Waals surface area contributed by atoms with Crippen molar-refractivity contribution in [3.8, 4) is 5.75 Å². The van der Waals surface area contributed by atoms with Gasteiger partial charge in [-0.15, -0.1) is 0 Å². The zero-order valence-corrected chi connectivity index (χ0v) is 17.5. The summed E-state index contributed by atoms with van der Waals surface area (Å²) in [6, 6.07) is 13.2.